The van der Waals surface area contributed by atoms with Gasteiger partial charge in [-0.05, 0) is 18.9 Å². The fraction of sp³-hybridized carbons (Fsp3) is 0.600. The second-order valence-electron chi connectivity index (χ2n) is 4.77. The number of halogens is 2. The number of nitrogens with two attached hydrogens (primary N) is 1. The Balaban J connectivity index is 2.97. The Morgan fingerprint density at radius 1 is 1.00 bits per heavy atom. The van der Waals surface area contributed by atoms with Gasteiger partial charge in [0.05, 0.1) is 5.69 Å². The van der Waals surface area contributed by atoms with E-state index in [0.29, 0.717) is 5.69 Å². The maximum Gasteiger partial charge on any atom is 0.182 e. The molecule has 0 bridgehead atoms. The zero-order valence-corrected chi connectivity index (χ0v) is 11.9. The molecule has 4 heteroatoms. The van der Waals surface area contributed by atoms with Crippen molar-refractivity contribution in [2.75, 3.05) is 18.0 Å². The van der Waals surface area contributed by atoms with Gasteiger partial charge in [-0.1, -0.05) is 32.8 Å². The van der Waals surface area contributed by atoms with Gasteiger partial charge in [0.15, 0.2) is 11.6 Å². The third-order valence-corrected chi connectivity index (χ3v) is 3.27. The van der Waals surface area contributed by atoms with E-state index in [1.54, 1.807) is 12.1 Å². The lowest BCUT2D eigenvalue weighted by Gasteiger charge is -2.25. The maximum absolute atomic E-state index is 14.1. The van der Waals surface area contributed by atoms with Crippen LogP contribution < -0.4 is 10.6 Å². The van der Waals surface area contributed by atoms with Crippen LogP contribution in [0.4, 0.5) is 14.5 Å². The molecule has 108 valence electrons. The van der Waals surface area contributed by atoms with Crippen molar-refractivity contribution in [2.24, 2.45) is 5.73 Å². The van der Waals surface area contributed by atoms with Crippen molar-refractivity contribution in [3.63, 3.8) is 0 Å². The second kappa shape index (κ2) is 8.10. The van der Waals surface area contributed by atoms with Crippen LogP contribution in [0.2, 0.25) is 0 Å². The molecule has 2 N–H and O–H groups in total. The van der Waals surface area contributed by atoms with Gasteiger partial charge in [0.1, 0.15) is 0 Å². The number of unbranched alkanes of at least 4 members (excludes halogenated alkanes) is 2. The van der Waals surface area contributed by atoms with E-state index in [-0.39, 0.29) is 12.1 Å². The molecule has 0 aromatic heterocycles. The molecule has 1 aromatic carbocycles. The van der Waals surface area contributed by atoms with Gasteiger partial charge >= 0.3 is 0 Å². The van der Waals surface area contributed by atoms with Crippen molar-refractivity contribution in [2.45, 2.75) is 46.1 Å². The first-order valence-corrected chi connectivity index (χ1v) is 7.07. The van der Waals surface area contributed by atoms with Gasteiger partial charge in [0.25, 0.3) is 0 Å². The van der Waals surface area contributed by atoms with Crippen molar-refractivity contribution in [3.8, 4) is 0 Å². The predicted octanol–water partition coefficient (Wildman–Crippen LogP) is 3.83. The maximum atomic E-state index is 14.1. The molecule has 0 atom stereocenters. The molecule has 0 amide bonds. The Morgan fingerprint density at radius 2 is 1.58 bits per heavy atom. The molecule has 2 nitrogen and oxygen atoms in total. The lowest BCUT2D eigenvalue weighted by atomic mass is 10.1. The van der Waals surface area contributed by atoms with Gasteiger partial charge in [0.2, 0.25) is 0 Å². The van der Waals surface area contributed by atoms with Crippen LogP contribution in [-0.2, 0) is 6.54 Å². The molecule has 19 heavy (non-hydrogen) atoms. The Kier molecular flexibility index (Phi) is 6.78. The fourth-order valence-corrected chi connectivity index (χ4v) is 2.03. The summed E-state index contributed by atoms with van der Waals surface area (Å²) in [5.74, 6) is -1.58. The number of rotatable bonds is 8. The van der Waals surface area contributed by atoms with E-state index in [9.17, 15) is 8.78 Å². The van der Waals surface area contributed by atoms with Gasteiger partial charge in [-0.3, -0.25) is 0 Å². The van der Waals surface area contributed by atoms with Crippen molar-refractivity contribution < 1.29 is 8.78 Å². The van der Waals surface area contributed by atoms with Crippen molar-refractivity contribution >= 4 is 5.69 Å². The molecule has 0 aliphatic heterocycles. The standard InChI is InChI=1S/C15H24F2N2/c1-3-5-9-19(10-6-4-2)13-8-7-12(11-18)14(16)15(13)17/h7-8H,3-6,9-11,18H2,1-2H3. The van der Waals surface area contributed by atoms with Crippen molar-refractivity contribution in [1.82, 2.24) is 0 Å². The molecule has 1 aromatic rings. The molecular weight excluding hydrogens is 246 g/mol. The topological polar surface area (TPSA) is 29.3 Å². The summed E-state index contributed by atoms with van der Waals surface area (Å²) in [5.41, 5.74) is 5.97. The van der Waals surface area contributed by atoms with Gasteiger partial charge in [-0.2, -0.15) is 0 Å². The number of hydrogen-bond donors (Lipinski definition) is 1. The first-order valence-electron chi connectivity index (χ1n) is 7.07. The molecule has 0 radical (unpaired) electrons. The Hall–Kier alpha value is -1.16. The highest BCUT2D eigenvalue weighted by Crippen LogP contribution is 2.25. The summed E-state index contributed by atoms with van der Waals surface area (Å²) >= 11 is 0. The van der Waals surface area contributed by atoms with E-state index >= 15 is 0 Å². The van der Waals surface area contributed by atoms with Crippen LogP contribution in [0.1, 0.15) is 45.1 Å². The van der Waals surface area contributed by atoms with Gasteiger partial charge in [-0.15, -0.1) is 0 Å². The van der Waals surface area contributed by atoms with Crippen molar-refractivity contribution in [3.05, 3.63) is 29.3 Å². The smallest absolute Gasteiger partial charge is 0.182 e. The van der Waals surface area contributed by atoms with E-state index in [4.69, 9.17) is 5.73 Å². The van der Waals surface area contributed by atoms with Crippen molar-refractivity contribution in [1.29, 1.82) is 0 Å². The highest BCUT2D eigenvalue weighted by Gasteiger charge is 2.17. The molecule has 0 saturated heterocycles. The SMILES string of the molecule is CCCCN(CCCC)c1ccc(CN)c(F)c1F. The summed E-state index contributed by atoms with van der Waals surface area (Å²) in [4.78, 5) is 1.94. The predicted molar refractivity (Wildman–Crippen MR) is 76.3 cm³/mol. The number of hydrogen-bond acceptors (Lipinski definition) is 2. The minimum Gasteiger partial charge on any atom is -0.369 e. The average molecular weight is 270 g/mol. The van der Waals surface area contributed by atoms with Crippen LogP contribution in [0.25, 0.3) is 0 Å². The van der Waals surface area contributed by atoms with E-state index in [0.717, 1.165) is 38.8 Å². The minimum atomic E-state index is -0.807. The monoisotopic (exact) mass is 270 g/mol. The fourth-order valence-electron chi connectivity index (χ4n) is 2.03. The van der Waals surface area contributed by atoms with Gasteiger partial charge < -0.3 is 10.6 Å². The minimum absolute atomic E-state index is 0.0208. The van der Waals surface area contributed by atoms with Crippen LogP contribution in [0.5, 0.6) is 0 Å². The summed E-state index contributed by atoms with van der Waals surface area (Å²) < 4.78 is 27.9. The highest BCUT2D eigenvalue weighted by atomic mass is 19.2. The summed E-state index contributed by atoms with van der Waals surface area (Å²) in [5, 5.41) is 0. The molecular formula is C15H24F2N2. The molecule has 0 heterocycles. The molecule has 0 saturated carbocycles. The first-order chi connectivity index (χ1) is 9.15. The first kappa shape index (κ1) is 15.9. The third-order valence-electron chi connectivity index (χ3n) is 3.27. The molecule has 0 aliphatic rings. The lowest BCUT2D eigenvalue weighted by molar-refractivity contribution is 0.495. The highest BCUT2D eigenvalue weighted by molar-refractivity contribution is 5.49. The van der Waals surface area contributed by atoms with Crippen LogP contribution in [0.15, 0.2) is 12.1 Å². The third kappa shape index (κ3) is 4.16. The molecule has 1 rings (SSSR count). The van der Waals surface area contributed by atoms with E-state index in [1.165, 1.54) is 0 Å². The largest absolute Gasteiger partial charge is 0.369 e. The summed E-state index contributed by atoms with van der Waals surface area (Å²) in [6.07, 6.45) is 4.02. The quantitative estimate of drug-likeness (QED) is 0.778. The molecule has 0 unspecified atom stereocenters. The number of benzene rings is 1. The van der Waals surface area contributed by atoms with E-state index in [1.807, 2.05) is 4.90 Å². The summed E-state index contributed by atoms with van der Waals surface area (Å²) in [6, 6.07) is 3.23. The summed E-state index contributed by atoms with van der Waals surface area (Å²) in [6.45, 7) is 5.72. The molecule has 0 aliphatic carbocycles. The van der Waals surface area contributed by atoms with E-state index in [2.05, 4.69) is 13.8 Å². The van der Waals surface area contributed by atoms with E-state index < -0.39 is 11.6 Å². The Labute approximate surface area is 114 Å². The van der Waals surface area contributed by atoms with Crippen LogP contribution >= 0.6 is 0 Å². The Morgan fingerprint density at radius 3 is 2.05 bits per heavy atom. The van der Waals surface area contributed by atoms with Gasteiger partial charge in [-0.25, -0.2) is 8.78 Å². The van der Waals surface area contributed by atoms with Crippen LogP contribution in [0, 0.1) is 11.6 Å². The average Bonchev–Trinajstić information content (AvgIpc) is 2.43. The second-order valence-corrected chi connectivity index (χ2v) is 4.77. The normalized spacial score (nSPS) is 10.8. The molecule has 0 fully saturated rings. The molecule has 0 spiro atoms. The summed E-state index contributed by atoms with van der Waals surface area (Å²) in [7, 11) is 0. The van der Waals surface area contributed by atoms with Gasteiger partial charge in [0, 0.05) is 25.2 Å². The Bertz CT molecular complexity index is 386. The zero-order valence-electron chi connectivity index (χ0n) is 11.9. The lowest BCUT2D eigenvalue weighted by Crippen LogP contribution is -2.27. The zero-order chi connectivity index (χ0) is 14.3. The van der Waals surface area contributed by atoms with Crippen LogP contribution in [-0.4, -0.2) is 13.1 Å². The van der Waals surface area contributed by atoms with Crippen LogP contribution in [0.3, 0.4) is 0 Å². The number of anilines is 1. The number of nitrogens with zero attached hydrogens (tertiary/aromatic N) is 1.